The van der Waals surface area contributed by atoms with E-state index in [0.717, 1.165) is 0 Å². The van der Waals surface area contributed by atoms with Crippen LogP contribution in [-0.2, 0) is 14.3 Å². The van der Waals surface area contributed by atoms with E-state index in [1.54, 1.807) is 6.07 Å². The highest BCUT2D eigenvalue weighted by atomic mass is 32.2. The van der Waals surface area contributed by atoms with Gasteiger partial charge in [0.05, 0.1) is 11.3 Å². The fourth-order valence-electron chi connectivity index (χ4n) is 2.22. The van der Waals surface area contributed by atoms with Crippen LogP contribution in [0, 0.1) is 10.1 Å². The molecule has 29 heavy (non-hydrogen) atoms. The predicted octanol–water partition coefficient (Wildman–Crippen LogP) is 3.89. The average Bonchev–Trinajstić information content (AvgIpc) is 2.68. The molecule has 2 rings (SSSR count). The van der Waals surface area contributed by atoms with Crippen LogP contribution in [0.15, 0.2) is 53.4 Å². The Kier molecular flexibility index (Phi) is 8.34. The fraction of sp³-hybridized carbons (Fsp3) is 0.222. The summed E-state index contributed by atoms with van der Waals surface area (Å²) in [7, 11) is 0. The van der Waals surface area contributed by atoms with Crippen molar-refractivity contribution in [2.75, 3.05) is 23.8 Å². The second-order valence-corrected chi connectivity index (χ2v) is 6.63. The summed E-state index contributed by atoms with van der Waals surface area (Å²) in [5.41, 5.74) is 0.539. The number of carbonyl (C=O) groups excluding carboxylic acids is 2. The summed E-state index contributed by atoms with van der Waals surface area (Å²) in [6.07, 6.45) is -0.0983. The molecule has 0 fully saturated rings. The van der Waals surface area contributed by atoms with Gasteiger partial charge in [-0.15, -0.1) is 0 Å². The molecule has 2 aromatic rings. The lowest BCUT2D eigenvalue weighted by molar-refractivity contribution is -0.384. The molecule has 0 bridgehead atoms. The summed E-state index contributed by atoms with van der Waals surface area (Å²) in [4.78, 5) is 34.2. The zero-order valence-corrected chi connectivity index (χ0v) is 15.8. The van der Waals surface area contributed by atoms with Crippen molar-refractivity contribution in [1.29, 1.82) is 0 Å². The summed E-state index contributed by atoms with van der Waals surface area (Å²) < 4.78 is 29.4. The predicted molar refractivity (Wildman–Crippen MR) is 104 cm³/mol. The number of hydrogen-bond acceptors (Lipinski definition) is 7. The molecule has 0 saturated heterocycles. The molecule has 2 aromatic carbocycles. The van der Waals surface area contributed by atoms with Crippen LogP contribution in [0.2, 0.25) is 0 Å². The fourth-order valence-corrected chi connectivity index (χ4v) is 2.72. The molecule has 154 valence electrons. The number of nitro benzene ring substituents is 1. The van der Waals surface area contributed by atoms with E-state index in [1.165, 1.54) is 42.5 Å². The molecule has 0 aliphatic carbocycles. The van der Waals surface area contributed by atoms with Crippen molar-refractivity contribution in [2.24, 2.45) is 0 Å². The number of carbonyl (C=O) groups is 2. The van der Waals surface area contributed by atoms with Crippen molar-refractivity contribution in [2.45, 2.75) is 17.1 Å². The van der Waals surface area contributed by atoms with Crippen molar-refractivity contribution in [3.05, 3.63) is 58.6 Å². The van der Waals surface area contributed by atoms with Crippen molar-refractivity contribution >= 4 is 40.7 Å². The molecule has 0 aliphatic heterocycles. The monoisotopic (exact) mass is 425 g/mol. The molecule has 0 heterocycles. The van der Waals surface area contributed by atoms with Crippen molar-refractivity contribution in [3.8, 4) is 0 Å². The van der Waals surface area contributed by atoms with Gasteiger partial charge in [0.1, 0.15) is 5.69 Å². The van der Waals surface area contributed by atoms with Gasteiger partial charge in [-0.25, -0.2) is 0 Å². The number of thioether (sulfide) groups is 1. The molecule has 11 heteroatoms. The molecule has 0 atom stereocenters. The maximum Gasteiger partial charge on any atom is 0.308 e. The minimum Gasteiger partial charge on any atom is -0.456 e. The number of amides is 1. The quantitative estimate of drug-likeness (QED) is 0.257. The standard InChI is InChI=1S/C18H17F2N3O5S/c19-18(20)29-13-7-5-12(6-8-13)22-16(24)11-28-17(25)9-10-21-14-3-1-2-4-15(14)23(26)27/h1-8,18,21H,9-11H2,(H,22,24). The molecule has 0 unspecified atom stereocenters. The number of para-hydroxylation sites is 2. The Hall–Kier alpha value is -3.21. The van der Waals surface area contributed by atoms with Gasteiger partial charge in [0.15, 0.2) is 6.61 Å². The van der Waals surface area contributed by atoms with E-state index in [-0.39, 0.29) is 24.3 Å². The topological polar surface area (TPSA) is 111 Å². The molecule has 8 nitrogen and oxygen atoms in total. The van der Waals surface area contributed by atoms with Crippen LogP contribution < -0.4 is 10.6 Å². The lowest BCUT2D eigenvalue weighted by atomic mass is 10.2. The zero-order valence-electron chi connectivity index (χ0n) is 15.0. The Bertz CT molecular complexity index is 865. The minimum atomic E-state index is -2.53. The number of alkyl halides is 2. The number of anilines is 2. The van der Waals surface area contributed by atoms with E-state index in [4.69, 9.17) is 4.74 Å². The summed E-state index contributed by atoms with van der Waals surface area (Å²) in [5, 5.41) is 16.2. The minimum absolute atomic E-state index is 0.0918. The Morgan fingerprint density at radius 2 is 1.83 bits per heavy atom. The lowest BCUT2D eigenvalue weighted by Crippen LogP contribution is -2.22. The van der Waals surface area contributed by atoms with E-state index in [9.17, 15) is 28.5 Å². The highest BCUT2D eigenvalue weighted by Gasteiger charge is 2.13. The van der Waals surface area contributed by atoms with Crippen LogP contribution in [0.25, 0.3) is 0 Å². The van der Waals surface area contributed by atoms with Gasteiger partial charge >= 0.3 is 5.97 Å². The number of hydrogen-bond donors (Lipinski definition) is 2. The first-order valence-corrected chi connectivity index (χ1v) is 9.21. The number of rotatable bonds is 10. The Balaban J connectivity index is 1.71. The summed E-state index contributed by atoms with van der Waals surface area (Å²) >= 11 is 0.390. The SMILES string of the molecule is O=C(COC(=O)CCNc1ccccc1[N+](=O)[O-])Nc1ccc(SC(F)F)cc1. The summed E-state index contributed by atoms with van der Waals surface area (Å²) in [5.74, 6) is -3.77. The van der Waals surface area contributed by atoms with E-state index < -0.39 is 29.2 Å². The number of nitrogens with zero attached hydrogens (tertiary/aromatic N) is 1. The first-order valence-electron chi connectivity index (χ1n) is 8.33. The van der Waals surface area contributed by atoms with Gasteiger partial charge < -0.3 is 15.4 Å². The van der Waals surface area contributed by atoms with Crippen LogP contribution in [0.1, 0.15) is 6.42 Å². The third kappa shape index (κ3) is 7.74. The van der Waals surface area contributed by atoms with Gasteiger partial charge in [0, 0.05) is 23.2 Å². The number of ether oxygens (including phenoxy) is 1. The van der Waals surface area contributed by atoms with E-state index in [2.05, 4.69) is 10.6 Å². The first kappa shape index (κ1) is 22.1. The number of esters is 1. The Morgan fingerprint density at radius 1 is 1.14 bits per heavy atom. The van der Waals surface area contributed by atoms with Gasteiger partial charge in [0.25, 0.3) is 17.4 Å². The van der Waals surface area contributed by atoms with E-state index in [1.807, 2.05) is 0 Å². The molecular formula is C18H17F2N3O5S. The second kappa shape index (κ2) is 11.0. The molecule has 0 radical (unpaired) electrons. The van der Waals surface area contributed by atoms with Crippen molar-refractivity contribution in [3.63, 3.8) is 0 Å². The van der Waals surface area contributed by atoms with E-state index >= 15 is 0 Å². The molecule has 0 aromatic heterocycles. The molecule has 0 aliphatic rings. The van der Waals surface area contributed by atoms with Gasteiger partial charge in [0.2, 0.25) is 0 Å². The average molecular weight is 425 g/mol. The van der Waals surface area contributed by atoms with E-state index in [0.29, 0.717) is 22.3 Å². The normalized spacial score (nSPS) is 10.4. The lowest BCUT2D eigenvalue weighted by Gasteiger charge is -2.08. The van der Waals surface area contributed by atoms with Crippen LogP contribution in [-0.4, -0.2) is 35.7 Å². The molecule has 1 amide bonds. The smallest absolute Gasteiger partial charge is 0.308 e. The largest absolute Gasteiger partial charge is 0.456 e. The van der Waals surface area contributed by atoms with Crippen LogP contribution in [0.3, 0.4) is 0 Å². The van der Waals surface area contributed by atoms with Crippen molar-refractivity contribution in [1.82, 2.24) is 0 Å². The highest BCUT2D eigenvalue weighted by Crippen LogP contribution is 2.26. The second-order valence-electron chi connectivity index (χ2n) is 5.56. The zero-order chi connectivity index (χ0) is 21.2. The Labute approximate surface area is 168 Å². The van der Waals surface area contributed by atoms with Gasteiger partial charge in [-0.05, 0) is 30.3 Å². The third-order valence-corrected chi connectivity index (χ3v) is 4.20. The number of halogens is 2. The summed E-state index contributed by atoms with van der Waals surface area (Å²) in [6, 6.07) is 11.8. The third-order valence-electron chi connectivity index (χ3n) is 3.47. The molecular weight excluding hydrogens is 408 g/mol. The maximum atomic E-state index is 12.3. The molecule has 0 spiro atoms. The molecule has 0 saturated carbocycles. The number of nitrogens with one attached hydrogen (secondary N) is 2. The highest BCUT2D eigenvalue weighted by molar-refractivity contribution is 7.99. The van der Waals surface area contributed by atoms with Crippen LogP contribution in [0.5, 0.6) is 0 Å². The van der Waals surface area contributed by atoms with Crippen LogP contribution >= 0.6 is 11.8 Å². The number of nitro groups is 1. The maximum absolute atomic E-state index is 12.3. The number of benzene rings is 2. The van der Waals surface area contributed by atoms with Gasteiger partial charge in [-0.1, -0.05) is 23.9 Å². The van der Waals surface area contributed by atoms with Gasteiger partial charge in [-0.2, -0.15) is 8.78 Å². The Morgan fingerprint density at radius 3 is 2.48 bits per heavy atom. The van der Waals surface area contributed by atoms with Crippen molar-refractivity contribution < 1.29 is 28.0 Å². The van der Waals surface area contributed by atoms with Crippen LogP contribution in [0.4, 0.5) is 25.8 Å². The first-order chi connectivity index (χ1) is 13.8. The van der Waals surface area contributed by atoms with Gasteiger partial charge in [-0.3, -0.25) is 19.7 Å². The summed E-state index contributed by atoms with van der Waals surface area (Å²) in [6.45, 7) is -0.424. The molecule has 2 N–H and O–H groups in total.